The minimum Gasteiger partial charge on any atom is -0.354 e. The number of pyridine rings is 1. The SMILES string of the molecule is O=C(c1ccc(Nc2ccc(F)cc2)cn1)N1CCc2ccccc2C1. The van der Waals surface area contributed by atoms with Crippen LogP contribution in [0.5, 0.6) is 0 Å². The topological polar surface area (TPSA) is 45.2 Å². The molecule has 0 spiro atoms. The highest BCUT2D eigenvalue weighted by molar-refractivity contribution is 5.92. The third-order valence-corrected chi connectivity index (χ3v) is 4.53. The fourth-order valence-corrected chi connectivity index (χ4v) is 3.13. The Kier molecular flexibility index (Phi) is 4.35. The quantitative estimate of drug-likeness (QED) is 0.774. The maximum Gasteiger partial charge on any atom is 0.272 e. The van der Waals surface area contributed by atoms with Crippen LogP contribution in [-0.4, -0.2) is 22.3 Å². The van der Waals surface area contributed by atoms with E-state index in [9.17, 15) is 9.18 Å². The van der Waals surface area contributed by atoms with Crippen molar-refractivity contribution in [2.75, 3.05) is 11.9 Å². The van der Waals surface area contributed by atoms with E-state index in [1.54, 1.807) is 24.4 Å². The van der Waals surface area contributed by atoms with Gasteiger partial charge in [-0.3, -0.25) is 4.79 Å². The van der Waals surface area contributed by atoms with Gasteiger partial charge in [0.25, 0.3) is 5.91 Å². The molecule has 1 aromatic heterocycles. The lowest BCUT2D eigenvalue weighted by atomic mass is 10.00. The van der Waals surface area contributed by atoms with Crippen LogP contribution in [0, 0.1) is 5.82 Å². The first-order chi connectivity index (χ1) is 12.7. The van der Waals surface area contributed by atoms with E-state index in [2.05, 4.69) is 22.4 Å². The molecule has 0 radical (unpaired) electrons. The Labute approximate surface area is 151 Å². The van der Waals surface area contributed by atoms with E-state index in [1.807, 2.05) is 23.1 Å². The molecule has 0 saturated heterocycles. The number of carbonyl (C=O) groups excluding carboxylic acids is 1. The average molecular weight is 347 g/mol. The maximum absolute atomic E-state index is 13.0. The number of amides is 1. The Morgan fingerprint density at radius 1 is 0.962 bits per heavy atom. The molecule has 0 fully saturated rings. The lowest BCUT2D eigenvalue weighted by Gasteiger charge is -2.28. The van der Waals surface area contributed by atoms with E-state index >= 15 is 0 Å². The minimum absolute atomic E-state index is 0.0622. The van der Waals surface area contributed by atoms with Gasteiger partial charge in [-0.1, -0.05) is 24.3 Å². The summed E-state index contributed by atoms with van der Waals surface area (Å²) in [6, 6.07) is 17.8. The molecule has 0 unspecified atom stereocenters. The highest BCUT2D eigenvalue weighted by atomic mass is 19.1. The summed E-state index contributed by atoms with van der Waals surface area (Å²) < 4.78 is 13.0. The van der Waals surface area contributed by atoms with Gasteiger partial charge in [0.05, 0.1) is 11.9 Å². The van der Waals surface area contributed by atoms with E-state index in [1.165, 1.54) is 23.3 Å². The van der Waals surface area contributed by atoms with Crippen molar-refractivity contribution < 1.29 is 9.18 Å². The molecule has 0 saturated carbocycles. The lowest BCUT2D eigenvalue weighted by molar-refractivity contribution is 0.0729. The Morgan fingerprint density at radius 2 is 1.69 bits per heavy atom. The number of fused-ring (bicyclic) bond motifs is 1. The van der Waals surface area contributed by atoms with Crippen molar-refractivity contribution in [3.63, 3.8) is 0 Å². The molecule has 0 aliphatic carbocycles. The van der Waals surface area contributed by atoms with Crippen molar-refractivity contribution in [2.24, 2.45) is 0 Å². The molecule has 3 aromatic rings. The molecule has 1 N–H and O–H groups in total. The second-order valence-corrected chi connectivity index (χ2v) is 6.31. The average Bonchev–Trinajstić information content (AvgIpc) is 2.69. The number of benzene rings is 2. The van der Waals surface area contributed by atoms with Crippen molar-refractivity contribution >= 4 is 17.3 Å². The zero-order valence-corrected chi connectivity index (χ0v) is 14.2. The predicted octanol–water partition coefficient (Wildman–Crippen LogP) is 4.16. The lowest BCUT2D eigenvalue weighted by Crippen LogP contribution is -2.36. The number of halogens is 1. The fourth-order valence-electron chi connectivity index (χ4n) is 3.13. The van der Waals surface area contributed by atoms with Gasteiger partial charge in [0.1, 0.15) is 11.5 Å². The first-order valence-electron chi connectivity index (χ1n) is 8.54. The van der Waals surface area contributed by atoms with E-state index in [-0.39, 0.29) is 11.7 Å². The van der Waals surface area contributed by atoms with Gasteiger partial charge in [0.15, 0.2) is 0 Å². The van der Waals surface area contributed by atoms with Crippen LogP contribution < -0.4 is 5.32 Å². The number of nitrogens with zero attached hydrogens (tertiary/aromatic N) is 2. The molecular weight excluding hydrogens is 329 g/mol. The first-order valence-corrected chi connectivity index (χ1v) is 8.54. The third kappa shape index (κ3) is 3.42. The Hall–Kier alpha value is -3.21. The maximum atomic E-state index is 13.0. The largest absolute Gasteiger partial charge is 0.354 e. The van der Waals surface area contributed by atoms with Crippen molar-refractivity contribution in [1.29, 1.82) is 0 Å². The van der Waals surface area contributed by atoms with Crippen LogP contribution in [0.3, 0.4) is 0 Å². The number of nitrogens with one attached hydrogen (secondary N) is 1. The number of anilines is 2. The highest BCUT2D eigenvalue weighted by Crippen LogP contribution is 2.21. The van der Waals surface area contributed by atoms with Crippen molar-refractivity contribution in [3.05, 3.63) is 89.5 Å². The zero-order chi connectivity index (χ0) is 17.9. The Balaban J connectivity index is 1.45. The molecule has 130 valence electrons. The molecule has 1 amide bonds. The van der Waals surface area contributed by atoms with Gasteiger partial charge < -0.3 is 10.2 Å². The summed E-state index contributed by atoms with van der Waals surface area (Å²) in [5, 5.41) is 3.14. The Morgan fingerprint density at radius 3 is 2.42 bits per heavy atom. The van der Waals surface area contributed by atoms with Gasteiger partial charge in [-0.05, 0) is 53.9 Å². The molecule has 2 heterocycles. The van der Waals surface area contributed by atoms with Gasteiger partial charge >= 0.3 is 0 Å². The number of rotatable bonds is 3. The van der Waals surface area contributed by atoms with E-state index in [4.69, 9.17) is 0 Å². The van der Waals surface area contributed by atoms with Crippen LogP contribution >= 0.6 is 0 Å². The molecule has 5 heteroatoms. The van der Waals surface area contributed by atoms with Crippen LogP contribution in [0.4, 0.5) is 15.8 Å². The van der Waals surface area contributed by atoms with Gasteiger partial charge in [-0.2, -0.15) is 0 Å². The van der Waals surface area contributed by atoms with Crippen LogP contribution in [-0.2, 0) is 13.0 Å². The monoisotopic (exact) mass is 347 g/mol. The summed E-state index contributed by atoms with van der Waals surface area (Å²) >= 11 is 0. The van der Waals surface area contributed by atoms with Crippen molar-refractivity contribution in [1.82, 2.24) is 9.88 Å². The Bertz CT molecular complexity index is 923. The summed E-state index contributed by atoms with van der Waals surface area (Å²) in [4.78, 5) is 18.8. The smallest absolute Gasteiger partial charge is 0.272 e. The van der Waals surface area contributed by atoms with Crippen LogP contribution in [0.15, 0.2) is 66.9 Å². The normalized spacial score (nSPS) is 13.2. The zero-order valence-electron chi connectivity index (χ0n) is 14.2. The molecular formula is C21H18FN3O. The second kappa shape index (κ2) is 6.96. The highest BCUT2D eigenvalue weighted by Gasteiger charge is 2.22. The number of carbonyl (C=O) groups is 1. The molecule has 1 aliphatic rings. The number of hydrogen-bond donors (Lipinski definition) is 1. The summed E-state index contributed by atoms with van der Waals surface area (Å²) in [5.74, 6) is -0.342. The fraction of sp³-hybridized carbons (Fsp3) is 0.143. The van der Waals surface area contributed by atoms with Crippen LogP contribution in [0.25, 0.3) is 0 Å². The summed E-state index contributed by atoms with van der Waals surface area (Å²) in [6.45, 7) is 1.32. The minimum atomic E-state index is -0.280. The molecule has 0 atom stereocenters. The second-order valence-electron chi connectivity index (χ2n) is 6.31. The van der Waals surface area contributed by atoms with Crippen molar-refractivity contribution in [3.8, 4) is 0 Å². The van der Waals surface area contributed by atoms with Crippen LogP contribution in [0.2, 0.25) is 0 Å². The third-order valence-electron chi connectivity index (χ3n) is 4.53. The molecule has 26 heavy (non-hydrogen) atoms. The first kappa shape index (κ1) is 16.3. The summed E-state index contributed by atoms with van der Waals surface area (Å²) in [7, 11) is 0. The van der Waals surface area contributed by atoms with Gasteiger partial charge in [0, 0.05) is 18.8 Å². The molecule has 2 aromatic carbocycles. The molecule has 0 bridgehead atoms. The number of aromatic nitrogens is 1. The summed E-state index contributed by atoms with van der Waals surface area (Å²) in [6.07, 6.45) is 2.49. The van der Waals surface area contributed by atoms with E-state index in [0.717, 1.165) is 17.8 Å². The van der Waals surface area contributed by atoms with Gasteiger partial charge in [-0.25, -0.2) is 9.37 Å². The summed E-state index contributed by atoms with van der Waals surface area (Å²) in [5.41, 5.74) is 4.44. The van der Waals surface area contributed by atoms with Gasteiger partial charge in [0.2, 0.25) is 0 Å². The van der Waals surface area contributed by atoms with Gasteiger partial charge in [-0.15, -0.1) is 0 Å². The standard InChI is InChI=1S/C21H18FN3O/c22-17-5-7-18(8-6-17)24-19-9-10-20(23-13-19)21(26)25-12-11-15-3-1-2-4-16(15)14-25/h1-10,13,24H,11-12,14H2. The molecule has 4 rings (SSSR count). The van der Waals surface area contributed by atoms with Crippen molar-refractivity contribution in [2.45, 2.75) is 13.0 Å². The van der Waals surface area contributed by atoms with E-state index < -0.39 is 0 Å². The van der Waals surface area contributed by atoms with E-state index in [0.29, 0.717) is 18.8 Å². The number of hydrogen-bond acceptors (Lipinski definition) is 3. The van der Waals surface area contributed by atoms with Crippen LogP contribution in [0.1, 0.15) is 21.6 Å². The molecule has 1 aliphatic heterocycles. The molecule has 4 nitrogen and oxygen atoms in total. The predicted molar refractivity (Wildman–Crippen MR) is 98.8 cm³/mol.